The lowest BCUT2D eigenvalue weighted by Crippen LogP contribution is -2.45. The largest absolute Gasteiger partial charge is 0.356 e. The van der Waals surface area contributed by atoms with E-state index in [0.29, 0.717) is 25.9 Å². The number of aryl methyl sites for hydroxylation is 2. The number of carbonyl (C=O) groups excluding carboxylic acids is 1. The van der Waals surface area contributed by atoms with E-state index in [-0.39, 0.29) is 23.4 Å². The van der Waals surface area contributed by atoms with Gasteiger partial charge in [-0.05, 0) is 31.2 Å². The number of benzene rings is 1. The average Bonchev–Trinajstić information content (AvgIpc) is 3.13. The van der Waals surface area contributed by atoms with Gasteiger partial charge in [-0.15, -0.1) is 0 Å². The zero-order valence-corrected chi connectivity index (χ0v) is 16.4. The predicted molar refractivity (Wildman–Crippen MR) is 102 cm³/mol. The van der Waals surface area contributed by atoms with Gasteiger partial charge in [-0.3, -0.25) is 4.79 Å². The molecule has 8 heteroatoms. The third-order valence-electron chi connectivity index (χ3n) is 4.82. The van der Waals surface area contributed by atoms with Crippen LogP contribution in [0.5, 0.6) is 0 Å². The van der Waals surface area contributed by atoms with Crippen LogP contribution in [-0.2, 0) is 28.3 Å². The molecule has 1 atom stereocenters. The van der Waals surface area contributed by atoms with E-state index in [9.17, 15) is 13.2 Å². The van der Waals surface area contributed by atoms with Crippen LogP contribution in [0.25, 0.3) is 0 Å². The summed E-state index contributed by atoms with van der Waals surface area (Å²) >= 11 is 0. The molecule has 1 amide bonds. The van der Waals surface area contributed by atoms with Gasteiger partial charge in [-0.1, -0.05) is 30.3 Å². The standard InChI is InChI=1S/C19H26N4O3S/c1-22-14-18(21-15-22)27(25,26)23-12-6-10-17(13-23)19(24)20-11-5-9-16-7-3-2-4-8-16/h2-4,7-8,14-15,17H,5-6,9-13H2,1H3,(H,20,24). The highest BCUT2D eigenvalue weighted by atomic mass is 32.2. The number of carbonyl (C=O) groups is 1. The Bertz CT molecular complexity index is 864. The van der Waals surface area contributed by atoms with Crippen molar-refractivity contribution in [1.29, 1.82) is 0 Å². The van der Waals surface area contributed by atoms with Crippen molar-refractivity contribution in [2.45, 2.75) is 30.7 Å². The number of sulfonamides is 1. The summed E-state index contributed by atoms with van der Waals surface area (Å²) in [4.78, 5) is 16.4. The topological polar surface area (TPSA) is 84.3 Å². The maximum Gasteiger partial charge on any atom is 0.262 e. The molecule has 1 unspecified atom stereocenters. The summed E-state index contributed by atoms with van der Waals surface area (Å²) in [5, 5.41) is 2.99. The number of piperidine rings is 1. The third kappa shape index (κ3) is 4.95. The quantitative estimate of drug-likeness (QED) is 0.728. The predicted octanol–water partition coefficient (Wildman–Crippen LogP) is 1.57. The molecule has 1 aliphatic rings. The number of amides is 1. The average molecular weight is 391 g/mol. The number of nitrogens with one attached hydrogen (secondary N) is 1. The number of aromatic nitrogens is 2. The van der Waals surface area contributed by atoms with Crippen LogP contribution in [0.15, 0.2) is 47.9 Å². The van der Waals surface area contributed by atoms with Gasteiger partial charge in [0.2, 0.25) is 5.91 Å². The molecule has 7 nitrogen and oxygen atoms in total. The number of rotatable bonds is 7. The molecule has 1 fully saturated rings. The minimum Gasteiger partial charge on any atom is -0.356 e. The van der Waals surface area contributed by atoms with Gasteiger partial charge < -0.3 is 9.88 Å². The van der Waals surface area contributed by atoms with Gasteiger partial charge in [0.15, 0.2) is 5.03 Å². The SMILES string of the molecule is Cn1cnc(S(=O)(=O)N2CCCC(C(=O)NCCCc3ccccc3)C2)c1. The molecule has 1 aromatic heterocycles. The molecule has 0 saturated carbocycles. The number of imidazole rings is 1. The first-order valence-corrected chi connectivity index (χ1v) is 10.7. The lowest BCUT2D eigenvalue weighted by molar-refractivity contribution is -0.126. The van der Waals surface area contributed by atoms with Gasteiger partial charge in [0.25, 0.3) is 10.0 Å². The first-order valence-electron chi connectivity index (χ1n) is 9.26. The van der Waals surface area contributed by atoms with E-state index < -0.39 is 10.0 Å². The molecule has 2 heterocycles. The van der Waals surface area contributed by atoms with Crippen LogP contribution < -0.4 is 5.32 Å². The molecule has 3 rings (SSSR count). The molecule has 0 bridgehead atoms. The molecular weight excluding hydrogens is 364 g/mol. The smallest absolute Gasteiger partial charge is 0.262 e. The van der Waals surface area contributed by atoms with Crippen LogP contribution in [0.3, 0.4) is 0 Å². The zero-order chi connectivity index (χ0) is 19.3. The van der Waals surface area contributed by atoms with Gasteiger partial charge in [0.1, 0.15) is 0 Å². The highest BCUT2D eigenvalue weighted by Gasteiger charge is 2.34. The van der Waals surface area contributed by atoms with Crippen LogP contribution >= 0.6 is 0 Å². The Kier molecular flexibility index (Phi) is 6.28. The zero-order valence-electron chi connectivity index (χ0n) is 15.5. The van der Waals surface area contributed by atoms with E-state index in [1.54, 1.807) is 11.6 Å². The molecule has 2 aromatic rings. The number of nitrogens with zero attached hydrogens (tertiary/aromatic N) is 3. The second-order valence-electron chi connectivity index (χ2n) is 6.96. The molecule has 1 aliphatic heterocycles. The van der Waals surface area contributed by atoms with Crippen molar-refractivity contribution in [2.75, 3.05) is 19.6 Å². The van der Waals surface area contributed by atoms with E-state index in [0.717, 1.165) is 12.8 Å². The molecule has 146 valence electrons. The summed E-state index contributed by atoms with van der Waals surface area (Å²) in [6.45, 7) is 1.23. The van der Waals surface area contributed by atoms with Gasteiger partial charge in [0.05, 0.1) is 12.2 Å². The molecule has 1 saturated heterocycles. The van der Waals surface area contributed by atoms with Crippen LogP contribution in [0, 0.1) is 5.92 Å². The van der Waals surface area contributed by atoms with Gasteiger partial charge in [-0.25, -0.2) is 13.4 Å². The van der Waals surface area contributed by atoms with E-state index >= 15 is 0 Å². The van der Waals surface area contributed by atoms with Crippen LogP contribution in [0.1, 0.15) is 24.8 Å². The molecule has 27 heavy (non-hydrogen) atoms. The Hall–Kier alpha value is -2.19. The second kappa shape index (κ2) is 8.67. The summed E-state index contributed by atoms with van der Waals surface area (Å²) in [5.41, 5.74) is 1.25. The lowest BCUT2D eigenvalue weighted by atomic mass is 9.99. The highest BCUT2D eigenvalue weighted by Crippen LogP contribution is 2.23. The molecule has 0 spiro atoms. The summed E-state index contributed by atoms with van der Waals surface area (Å²) < 4.78 is 28.4. The van der Waals surface area contributed by atoms with Crippen molar-refractivity contribution in [3.05, 3.63) is 48.4 Å². The lowest BCUT2D eigenvalue weighted by Gasteiger charge is -2.30. The second-order valence-corrected chi connectivity index (χ2v) is 8.84. The molecule has 1 N–H and O–H groups in total. The Balaban J connectivity index is 1.50. The summed E-state index contributed by atoms with van der Waals surface area (Å²) in [7, 11) is -1.92. The maximum absolute atomic E-state index is 12.7. The monoisotopic (exact) mass is 390 g/mol. The maximum atomic E-state index is 12.7. The minimum atomic E-state index is -3.65. The first-order chi connectivity index (χ1) is 13.0. The summed E-state index contributed by atoms with van der Waals surface area (Å²) in [5.74, 6) is -0.377. The van der Waals surface area contributed by atoms with Crippen LogP contribution in [0.2, 0.25) is 0 Å². The van der Waals surface area contributed by atoms with E-state index in [1.807, 2.05) is 18.2 Å². The minimum absolute atomic E-state index is 0.0360. The first kappa shape index (κ1) is 19.6. The van der Waals surface area contributed by atoms with E-state index in [4.69, 9.17) is 0 Å². The van der Waals surface area contributed by atoms with E-state index in [1.165, 1.54) is 22.4 Å². The van der Waals surface area contributed by atoms with Crippen molar-refractivity contribution in [1.82, 2.24) is 19.2 Å². The van der Waals surface area contributed by atoms with Crippen LogP contribution in [0.4, 0.5) is 0 Å². The Morgan fingerprint density at radius 1 is 1.30 bits per heavy atom. The number of hydrogen-bond donors (Lipinski definition) is 1. The van der Waals surface area contributed by atoms with Crippen LogP contribution in [-0.4, -0.2) is 47.8 Å². The molecule has 1 aromatic carbocycles. The van der Waals surface area contributed by atoms with Crippen molar-refractivity contribution in [3.8, 4) is 0 Å². The fourth-order valence-electron chi connectivity index (χ4n) is 3.32. The molecule has 0 aliphatic carbocycles. The summed E-state index contributed by atoms with van der Waals surface area (Å²) in [6.07, 6.45) is 6.10. The van der Waals surface area contributed by atoms with Crippen molar-refractivity contribution < 1.29 is 13.2 Å². The third-order valence-corrected chi connectivity index (χ3v) is 6.58. The van der Waals surface area contributed by atoms with Crippen molar-refractivity contribution in [2.24, 2.45) is 13.0 Å². The Morgan fingerprint density at radius 2 is 2.07 bits per heavy atom. The number of hydrogen-bond acceptors (Lipinski definition) is 4. The van der Waals surface area contributed by atoms with Crippen molar-refractivity contribution >= 4 is 15.9 Å². The van der Waals surface area contributed by atoms with E-state index in [2.05, 4.69) is 22.4 Å². The fourth-order valence-corrected chi connectivity index (χ4v) is 4.81. The van der Waals surface area contributed by atoms with Crippen molar-refractivity contribution in [3.63, 3.8) is 0 Å². The summed E-state index contributed by atoms with van der Waals surface area (Å²) in [6, 6.07) is 10.1. The fraction of sp³-hybridized carbons (Fsp3) is 0.474. The normalized spacial score (nSPS) is 18.3. The molecule has 0 radical (unpaired) electrons. The van der Waals surface area contributed by atoms with Gasteiger partial charge in [0, 0.05) is 32.9 Å². The van der Waals surface area contributed by atoms with Gasteiger partial charge in [-0.2, -0.15) is 4.31 Å². The molecular formula is C19H26N4O3S. The van der Waals surface area contributed by atoms with Gasteiger partial charge >= 0.3 is 0 Å². The highest BCUT2D eigenvalue weighted by molar-refractivity contribution is 7.89. The Morgan fingerprint density at radius 3 is 2.78 bits per heavy atom. The Labute approximate surface area is 160 Å².